The van der Waals surface area contributed by atoms with Crippen LogP contribution in [0.1, 0.15) is 31.7 Å². The number of carbonyl (C=O) groups is 2. The average molecular weight is 290 g/mol. The summed E-state index contributed by atoms with van der Waals surface area (Å²) in [4.78, 5) is 28.1. The van der Waals surface area contributed by atoms with Gasteiger partial charge in [-0.05, 0) is 25.3 Å². The second kappa shape index (κ2) is 5.87. The smallest absolute Gasteiger partial charge is 0.226 e. The summed E-state index contributed by atoms with van der Waals surface area (Å²) in [6, 6.07) is 2.18. The Bertz CT molecular complexity index is 514. The van der Waals surface area contributed by atoms with Gasteiger partial charge in [-0.25, -0.2) is 0 Å². The van der Waals surface area contributed by atoms with Gasteiger partial charge in [0, 0.05) is 51.4 Å². The van der Waals surface area contributed by atoms with Gasteiger partial charge in [-0.3, -0.25) is 14.3 Å². The molecular formula is C15H22N4O2. The third-order valence-electron chi connectivity index (χ3n) is 4.62. The Kier molecular flexibility index (Phi) is 3.94. The van der Waals surface area contributed by atoms with Crippen molar-refractivity contribution >= 4 is 11.8 Å². The van der Waals surface area contributed by atoms with Gasteiger partial charge < -0.3 is 9.80 Å². The molecule has 3 heterocycles. The molecule has 0 radical (unpaired) electrons. The molecule has 2 aliphatic heterocycles. The van der Waals surface area contributed by atoms with Crippen LogP contribution in [0.4, 0.5) is 0 Å². The normalized spacial score (nSPS) is 27.0. The minimum atomic E-state index is -0.134. The maximum atomic E-state index is 12.6. The highest BCUT2D eigenvalue weighted by Crippen LogP contribution is 2.25. The molecular weight excluding hydrogens is 268 g/mol. The second-order valence-electron chi connectivity index (χ2n) is 6.07. The molecule has 1 aromatic rings. The quantitative estimate of drug-likeness (QED) is 0.813. The number of piperidine rings is 2. The summed E-state index contributed by atoms with van der Waals surface area (Å²) >= 11 is 0. The maximum Gasteiger partial charge on any atom is 0.226 e. The Hall–Kier alpha value is -1.85. The van der Waals surface area contributed by atoms with Gasteiger partial charge >= 0.3 is 0 Å². The zero-order chi connectivity index (χ0) is 14.8. The monoisotopic (exact) mass is 290 g/mol. The molecule has 2 fully saturated rings. The molecule has 2 amide bonds. The predicted molar refractivity (Wildman–Crippen MR) is 77.4 cm³/mol. The average Bonchev–Trinajstić information content (AvgIpc) is 3.04. The summed E-state index contributed by atoms with van der Waals surface area (Å²) in [6.07, 6.45) is 6.92. The van der Waals surface area contributed by atoms with E-state index in [1.165, 1.54) is 0 Å². The van der Waals surface area contributed by atoms with E-state index in [2.05, 4.69) is 5.10 Å². The van der Waals surface area contributed by atoms with Crippen molar-refractivity contribution in [3.8, 4) is 0 Å². The SMILES string of the molecule is CN1CC[C@@H](C(=O)N2CCC[C@H](n3cccn3)C2)CC1=O. The lowest BCUT2D eigenvalue weighted by molar-refractivity contribution is -0.145. The number of hydrogen-bond acceptors (Lipinski definition) is 3. The van der Waals surface area contributed by atoms with Crippen LogP contribution in [0.15, 0.2) is 18.5 Å². The van der Waals surface area contributed by atoms with Crippen molar-refractivity contribution < 1.29 is 9.59 Å². The highest BCUT2D eigenvalue weighted by molar-refractivity contribution is 5.87. The molecule has 2 aliphatic rings. The minimum Gasteiger partial charge on any atom is -0.346 e. The van der Waals surface area contributed by atoms with Crippen LogP contribution in [0.25, 0.3) is 0 Å². The van der Waals surface area contributed by atoms with E-state index in [4.69, 9.17) is 0 Å². The third-order valence-corrected chi connectivity index (χ3v) is 4.62. The second-order valence-corrected chi connectivity index (χ2v) is 6.07. The van der Waals surface area contributed by atoms with Gasteiger partial charge in [0.25, 0.3) is 0 Å². The Labute approximate surface area is 124 Å². The molecule has 6 nitrogen and oxygen atoms in total. The molecule has 0 aliphatic carbocycles. The number of hydrogen-bond donors (Lipinski definition) is 0. The van der Waals surface area contributed by atoms with Gasteiger partial charge in [-0.2, -0.15) is 5.10 Å². The third kappa shape index (κ3) is 2.94. The largest absolute Gasteiger partial charge is 0.346 e. The van der Waals surface area contributed by atoms with E-state index in [0.29, 0.717) is 19.5 Å². The summed E-state index contributed by atoms with van der Waals surface area (Å²) in [7, 11) is 1.80. The summed E-state index contributed by atoms with van der Waals surface area (Å²) in [6.45, 7) is 2.20. The Morgan fingerprint density at radius 1 is 1.33 bits per heavy atom. The topological polar surface area (TPSA) is 58.4 Å². The molecule has 0 unspecified atom stereocenters. The van der Waals surface area contributed by atoms with Gasteiger partial charge in [0.15, 0.2) is 0 Å². The van der Waals surface area contributed by atoms with Crippen LogP contribution in [0.2, 0.25) is 0 Å². The summed E-state index contributed by atoms with van der Waals surface area (Å²) in [5.41, 5.74) is 0. The van der Waals surface area contributed by atoms with E-state index in [9.17, 15) is 9.59 Å². The van der Waals surface area contributed by atoms with Gasteiger partial charge in [-0.15, -0.1) is 0 Å². The van der Waals surface area contributed by atoms with Crippen molar-refractivity contribution in [3.05, 3.63) is 18.5 Å². The van der Waals surface area contributed by atoms with Crippen LogP contribution in [-0.2, 0) is 9.59 Å². The van der Waals surface area contributed by atoms with Crippen molar-refractivity contribution in [3.63, 3.8) is 0 Å². The first-order valence-electron chi connectivity index (χ1n) is 7.67. The standard InChI is InChI=1S/C15H22N4O2/c1-17-9-5-12(10-14(17)20)15(21)18-7-2-4-13(11-18)19-8-3-6-16-19/h3,6,8,12-13H,2,4-5,7,9-11H2,1H3/t12-,13+/m1/s1. The lowest BCUT2D eigenvalue weighted by Gasteiger charge is -2.37. The fraction of sp³-hybridized carbons (Fsp3) is 0.667. The number of rotatable bonds is 2. The highest BCUT2D eigenvalue weighted by Gasteiger charge is 2.33. The van der Waals surface area contributed by atoms with E-state index in [-0.39, 0.29) is 23.8 Å². The molecule has 2 saturated heterocycles. The first-order valence-corrected chi connectivity index (χ1v) is 7.67. The van der Waals surface area contributed by atoms with E-state index < -0.39 is 0 Å². The Morgan fingerprint density at radius 2 is 2.19 bits per heavy atom. The van der Waals surface area contributed by atoms with Crippen LogP contribution in [0.3, 0.4) is 0 Å². The first-order chi connectivity index (χ1) is 10.1. The Morgan fingerprint density at radius 3 is 2.90 bits per heavy atom. The lowest BCUT2D eigenvalue weighted by atomic mass is 9.93. The van der Waals surface area contributed by atoms with Gasteiger partial charge in [0.1, 0.15) is 0 Å². The van der Waals surface area contributed by atoms with Crippen molar-refractivity contribution in [2.45, 2.75) is 31.7 Å². The van der Waals surface area contributed by atoms with Crippen molar-refractivity contribution in [1.29, 1.82) is 0 Å². The van der Waals surface area contributed by atoms with E-state index in [0.717, 1.165) is 25.8 Å². The fourth-order valence-corrected chi connectivity index (χ4v) is 3.28. The molecule has 114 valence electrons. The number of nitrogens with zero attached hydrogens (tertiary/aromatic N) is 4. The highest BCUT2D eigenvalue weighted by atomic mass is 16.2. The molecule has 0 N–H and O–H groups in total. The van der Waals surface area contributed by atoms with Crippen LogP contribution in [0.5, 0.6) is 0 Å². The molecule has 21 heavy (non-hydrogen) atoms. The molecule has 0 bridgehead atoms. The molecule has 2 atom stereocenters. The number of amides is 2. The van der Waals surface area contributed by atoms with Crippen molar-refractivity contribution in [2.75, 3.05) is 26.7 Å². The van der Waals surface area contributed by atoms with E-state index in [1.807, 2.05) is 21.8 Å². The van der Waals surface area contributed by atoms with Crippen LogP contribution in [0, 0.1) is 5.92 Å². The molecule has 0 saturated carbocycles. The maximum absolute atomic E-state index is 12.6. The molecule has 3 rings (SSSR count). The number of carbonyl (C=O) groups excluding carboxylic acids is 2. The summed E-state index contributed by atoms with van der Waals surface area (Å²) < 4.78 is 1.94. The zero-order valence-electron chi connectivity index (χ0n) is 12.4. The van der Waals surface area contributed by atoms with Crippen LogP contribution < -0.4 is 0 Å². The summed E-state index contributed by atoms with van der Waals surface area (Å²) in [5.74, 6) is 0.0959. The van der Waals surface area contributed by atoms with Gasteiger partial charge in [0.2, 0.25) is 11.8 Å². The number of aromatic nitrogens is 2. The van der Waals surface area contributed by atoms with Gasteiger partial charge in [-0.1, -0.05) is 0 Å². The zero-order valence-corrected chi connectivity index (χ0v) is 12.4. The van der Waals surface area contributed by atoms with Crippen LogP contribution in [-0.4, -0.2) is 58.1 Å². The first kappa shape index (κ1) is 14.1. The summed E-state index contributed by atoms with van der Waals surface area (Å²) in [5, 5.41) is 4.29. The minimum absolute atomic E-state index is 0.0836. The van der Waals surface area contributed by atoms with Crippen LogP contribution >= 0.6 is 0 Å². The van der Waals surface area contributed by atoms with E-state index >= 15 is 0 Å². The molecule has 0 aromatic carbocycles. The number of likely N-dealkylation sites (tertiary alicyclic amines) is 2. The molecule has 1 aromatic heterocycles. The van der Waals surface area contributed by atoms with Gasteiger partial charge in [0.05, 0.1) is 6.04 Å². The Balaban J connectivity index is 1.63. The molecule has 0 spiro atoms. The van der Waals surface area contributed by atoms with Crippen molar-refractivity contribution in [1.82, 2.24) is 19.6 Å². The molecule has 6 heteroatoms. The predicted octanol–water partition coefficient (Wildman–Crippen LogP) is 0.915. The lowest BCUT2D eigenvalue weighted by Crippen LogP contribution is -2.47. The van der Waals surface area contributed by atoms with Crippen molar-refractivity contribution in [2.24, 2.45) is 5.92 Å². The fourth-order valence-electron chi connectivity index (χ4n) is 3.28. The van der Waals surface area contributed by atoms with E-state index in [1.54, 1.807) is 18.1 Å².